The Morgan fingerprint density at radius 3 is 2.21 bits per heavy atom. The first-order chi connectivity index (χ1) is 11.7. The molecule has 0 aliphatic carbocycles. The van der Waals surface area contributed by atoms with E-state index in [-0.39, 0.29) is 11.8 Å². The number of hydrogen-bond acceptors (Lipinski definition) is 2. The summed E-state index contributed by atoms with van der Waals surface area (Å²) in [6.45, 7) is 0. The van der Waals surface area contributed by atoms with Gasteiger partial charge in [0.15, 0.2) is 5.88 Å². The summed E-state index contributed by atoms with van der Waals surface area (Å²) in [6.07, 6.45) is 0.560. The first kappa shape index (κ1) is 14.4. The van der Waals surface area contributed by atoms with Crippen molar-refractivity contribution in [1.29, 1.82) is 0 Å². The van der Waals surface area contributed by atoms with Crippen LogP contribution in [0.2, 0.25) is 0 Å². The van der Waals surface area contributed by atoms with E-state index < -0.39 is 0 Å². The topological polar surface area (TPSA) is 45.4 Å². The van der Waals surface area contributed by atoms with E-state index in [4.69, 9.17) is 0 Å². The van der Waals surface area contributed by atoms with Crippen molar-refractivity contribution in [2.75, 3.05) is 0 Å². The molecule has 0 atom stereocenters. The number of fused-ring (bicyclic) bond motifs is 1. The zero-order valence-corrected chi connectivity index (χ0v) is 13.1. The highest BCUT2D eigenvalue weighted by atomic mass is 16.3. The van der Waals surface area contributed by atoms with Crippen molar-refractivity contribution in [1.82, 2.24) is 4.57 Å². The summed E-state index contributed by atoms with van der Waals surface area (Å²) >= 11 is 0. The predicted molar refractivity (Wildman–Crippen MR) is 95.9 cm³/mol. The number of hydrogen-bond donors (Lipinski definition) is 2. The second kappa shape index (κ2) is 5.78. The lowest BCUT2D eigenvalue weighted by atomic mass is 10.0. The van der Waals surface area contributed by atoms with Gasteiger partial charge in [-0.25, -0.2) is 0 Å². The fourth-order valence-electron chi connectivity index (χ4n) is 3.07. The first-order valence-corrected chi connectivity index (χ1v) is 7.88. The third-order valence-electron chi connectivity index (χ3n) is 4.25. The lowest BCUT2D eigenvalue weighted by Crippen LogP contribution is -1.93. The number of aromatic nitrogens is 1. The van der Waals surface area contributed by atoms with Gasteiger partial charge in [-0.05, 0) is 28.5 Å². The molecule has 4 aromatic rings. The SMILES string of the molecule is Oc1cc(Cc2ccc3ccccc3c2)c(O)n1-c1ccccc1. The summed E-state index contributed by atoms with van der Waals surface area (Å²) in [7, 11) is 0. The Labute approximate surface area is 140 Å². The molecule has 4 rings (SSSR count). The summed E-state index contributed by atoms with van der Waals surface area (Å²) in [5, 5.41) is 23.1. The largest absolute Gasteiger partial charge is 0.494 e. The van der Waals surface area contributed by atoms with Gasteiger partial charge >= 0.3 is 0 Å². The Hall–Kier alpha value is -3.20. The highest BCUT2D eigenvalue weighted by Crippen LogP contribution is 2.33. The summed E-state index contributed by atoms with van der Waals surface area (Å²) < 4.78 is 1.45. The van der Waals surface area contributed by atoms with Crippen molar-refractivity contribution in [2.24, 2.45) is 0 Å². The average molecular weight is 315 g/mol. The van der Waals surface area contributed by atoms with E-state index in [9.17, 15) is 10.2 Å². The highest BCUT2D eigenvalue weighted by Gasteiger charge is 2.15. The maximum absolute atomic E-state index is 10.5. The molecule has 0 fully saturated rings. The van der Waals surface area contributed by atoms with Crippen LogP contribution in [0.15, 0.2) is 78.9 Å². The Morgan fingerprint density at radius 1 is 0.708 bits per heavy atom. The van der Waals surface area contributed by atoms with Crippen LogP contribution in [0.1, 0.15) is 11.1 Å². The number of nitrogens with zero attached hydrogens (tertiary/aromatic N) is 1. The maximum Gasteiger partial charge on any atom is 0.202 e. The van der Waals surface area contributed by atoms with Gasteiger partial charge in [0, 0.05) is 18.1 Å². The molecule has 2 N–H and O–H groups in total. The van der Waals surface area contributed by atoms with Gasteiger partial charge in [-0.3, -0.25) is 4.57 Å². The molecule has 1 heterocycles. The van der Waals surface area contributed by atoms with Crippen molar-refractivity contribution in [3.8, 4) is 17.4 Å². The lowest BCUT2D eigenvalue weighted by molar-refractivity contribution is 0.401. The molecular formula is C21H17NO2. The van der Waals surface area contributed by atoms with Crippen LogP contribution < -0.4 is 0 Å². The third kappa shape index (κ3) is 2.50. The standard InChI is InChI=1S/C21H17NO2/c23-20-14-18(21(24)22(20)19-8-2-1-3-9-19)13-15-10-11-16-6-4-5-7-17(16)12-15/h1-12,14,23-24H,13H2. The second-order valence-corrected chi connectivity index (χ2v) is 5.88. The van der Waals surface area contributed by atoms with Crippen molar-refractivity contribution in [3.05, 3.63) is 90.0 Å². The molecule has 0 spiro atoms. The van der Waals surface area contributed by atoms with E-state index in [2.05, 4.69) is 30.3 Å². The molecule has 3 nitrogen and oxygen atoms in total. The van der Waals surface area contributed by atoms with E-state index in [1.165, 1.54) is 15.3 Å². The Balaban J connectivity index is 1.72. The van der Waals surface area contributed by atoms with E-state index in [0.29, 0.717) is 12.0 Å². The molecule has 0 aliphatic heterocycles. The molecule has 3 aromatic carbocycles. The van der Waals surface area contributed by atoms with Crippen molar-refractivity contribution in [2.45, 2.75) is 6.42 Å². The molecule has 0 radical (unpaired) electrons. The van der Waals surface area contributed by atoms with Gasteiger partial charge in [0.1, 0.15) is 0 Å². The fraction of sp³-hybridized carbons (Fsp3) is 0.0476. The lowest BCUT2D eigenvalue weighted by Gasteiger charge is -2.07. The predicted octanol–water partition coefficient (Wildman–Crippen LogP) is 4.63. The number of benzene rings is 3. The van der Waals surface area contributed by atoms with E-state index in [0.717, 1.165) is 11.3 Å². The Kier molecular flexibility index (Phi) is 3.47. The minimum absolute atomic E-state index is 0.0366. The fourth-order valence-corrected chi connectivity index (χ4v) is 3.07. The van der Waals surface area contributed by atoms with Crippen LogP contribution in [0, 0.1) is 0 Å². The molecule has 1 aromatic heterocycles. The van der Waals surface area contributed by atoms with Crippen LogP contribution in [0.25, 0.3) is 16.5 Å². The summed E-state index contributed by atoms with van der Waals surface area (Å²) in [6, 6.07) is 25.4. The van der Waals surface area contributed by atoms with Crippen LogP contribution in [0.4, 0.5) is 0 Å². The van der Waals surface area contributed by atoms with E-state index in [1.807, 2.05) is 42.5 Å². The van der Waals surface area contributed by atoms with Gasteiger partial charge in [-0.1, -0.05) is 60.7 Å². The Morgan fingerprint density at radius 2 is 1.42 bits per heavy atom. The summed E-state index contributed by atoms with van der Waals surface area (Å²) in [4.78, 5) is 0. The van der Waals surface area contributed by atoms with Crippen molar-refractivity contribution in [3.63, 3.8) is 0 Å². The van der Waals surface area contributed by atoms with Crippen molar-refractivity contribution < 1.29 is 10.2 Å². The van der Waals surface area contributed by atoms with E-state index in [1.54, 1.807) is 6.07 Å². The molecule has 118 valence electrons. The quantitative estimate of drug-likeness (QED) is 0.579. The smallest absolute Gasteiger partial charge is 0.202 e. The summed E-state index contributed by atoms with van der Waals surface area (Å²) in [5.41, 5.74) is 2.53. The van der Waals surface area contributed by atoms with Gasteiger partial charge in [-0.15, -0.1) is 0 Å². The number of rotatable bonds is 3. The molecule has 0 unspecified atom stereocenters. The van der Waals surface area contributed by atoms with E-state index >= 15 is 0 Å². The molecule has 0 amide bonds. The zero-order chi connectivity index (χ0) is 16.5. The molecule has 0 bridgehead atoms. The van der Waals surface area contributed by atoms with Crippen LogP contribution in [0.3, 0.4) is 0 Å². The van der Waals surface area contributed by atoms with Crippen molar-refractivity contribution >= 4 is 10.8 Å². The molecule has 0 aliphatic rings. The molecule has 0 saturated carbocycles. The average Bonchev–Trinajstić information content (AvgIpc) is 2.89. The van der Waals surface area contributed by atoms with Crippen LogP contribution in [0.5, 0.6) is 11.8 Å². The third-order valence-corrected chi connectivity index (χ3v) is 4.25. The minimum atomic E-state index is 0.0366. The Bertz CT molecular complexity index is 1000. The van der Waals surface area contributed by atoms with Crippen LogP contribution in [-0.4, -0.2) is 14.8 Å². The maximum atomic E-state index is 10.5. The summed E-state index contributed by atoms with van der Waals surface area (Å²) in [5.74, 6) is 0.112. The minimum Gasteiger partial charge on any atom is -0.494 e. The van der Waals surface area contributed by atoms with Gasteiger partial charge in [0.2, 0.25) is 5.88 Å². The highest BCUT2D eigenvalue weighted by molar-refractivity contribution is 5.83. The molecule has 24 heavy (non-hydrogen) atoms. The van der Waals surface area contributed by atoms with Crippen LogP contribution >= 0.6 is 0 Å². The van der Waals surface area contributed by atoms with Gasteiger partial charge in [-0.2, -0.15) is 0 Å². The van der Waals surface area contributed by atoms with Crippen LogP contribution in [-0.2, 0) is 6.42 Å². The zero-order valence-electron chi connectivity index (χ0n) is 13.1. The number of para-hydroxylation sites is 1. The number of aromatic hydroxyl groups is 2. The van der Waals surface area contributed by atoms with Gasteiger partial charge < -0.3 is 10.2 Å². The second-order valence-electron chi connectivity index (χ2n) is 5.88. The monoisotopic (exact) mass is 315 g/mol. The molecule has 3 heteroatoms. The van der Waals surface area contributed by atoms with Gasteiger partial charge in [0.25, 0.3) is 0 Å². The normalized spacial score (nSPS) is 11.0. The van der Waals surface area contributed by atoms with Gasteiger partial charge in [0.05, 0.1) is 5.69 Å². The molecule has 0 saturated heterocycles. The molecular weight excluding hydrogens is 298 g/mol. The first-order valence-electron chi connectivity index (χ1n) is 7.88.